The molecule has 0 unspecified atom stereocenters. The minimum atomic E-state index is -1.06. The average Bonchev–Trinajstić information content (AvgIpc) is 3.01. The van der Waals surface area contributed by atoms with E-state index in [1.54, 1.807) is 61.7 Å². The summed E-state index contributed by atoms with van der Waals surface area (Å²) in [5.74, 6) is -2.43. The molecule has 3 aromatic rings. The van der Waals surface area contributed by atoms with Crippen LogP contribution < -0.4 is 10.1 Å². The highest BCUT2D eigenvalue weighted by atomic mass is 19.2. The largest absolute Gasteiger partial charge is 0.497 e. The second kappa shape index (κ2) is 8.39. The number of benzene rings is 3. The Morgan fingerprint density at radius 1 is 0.871 bits per heavy atom. The lowest BCUT2D eigenvalue weighted by Crippen LogP contribution is -2.32. The minimum absolute atomic E-state index is 0.00993. The lowest BCUT2D eigenvalue weighted by atomic mass is 10.0. The lowest BCUT2D eigenvalue weighted by molar-refractivity contribution is -0.137. The molecule has 0 aliphatic carbocycles. The third kappa shape index (κ3) is 4.02. The van der Waals surface area contributed by atoms with Crippen LogP contribution >= 0.6 is 0 Å². The highest BCUT2D eigenvalue weighted by Crippen LogP contribution is 2.32. The van der Waals surface area contributed by atoms with Gasteiger partial charge in [0, 0.05) is 11.8 Å². The van der Waals surface area contributed by atoms with E-state index in [0.717, 1.165) is 22.6 Å². The molecule has 7 heteroatoms. The van der Waals surface area contributed by atoms with E-state index in [1.807, 2.05) is 0 Å². The Labute approximate surface area is 177 Å². The molecule has 0 atom stereocenters. The molecule has 156 valence electrons. The van der Waals surface area contributed by atoms with Crippen LogP contribution in [0.1, 0.15) is 11.1 Å². The quantitative estimate of drug-likeness (QED) is 0.602. The van der Waals surface area contributed by atoms with Gasteiger partial charge in [0.1, 0.15) is 11.4 Å². The molecule has 2 amide bonds. The highest BCUT2D eigenvalue weighted by Gasteiger charge is 2.39. The zero-order valence-electron chi connectivity index (χ0n) is 16.6. The number of hydrogen-bond donors (Lipinski definition) is 1. The van der Waals surface area contributed by atoms with E-state index in [2.05, 4.69) is 5.32 Å². The number of carbonyl (C=O) groups is 2. The van der Waals surface area contributed by atoms with Gasteiger partial charge in [-0.2, -0.15) is 0 Å². The van der Waals surface area contributed by atoms with Crippen LogP contribution in [0.3, 0.4) is 0 Å². The molecule has 0 bridgehead atoms. The van der Waals surface area contributed by atoms with Gasteiger partial charge in [-0.15, -0.1) is 0 Å². The fourth-order valence-corrected chi connectivity index (χ4v) is 3.34. The molecule has 0 aromatic heterocycles. The van der Waals surface area contributed by atoms with Gasteiger partial charge < -0.3 is 10.1 Å². The Morgan fingerprint density at radius 2 is 1.58 bits per heavy atom. The average molecular weight is 420 g/mol. The molecule has 0 spiro atoms. The van der Waals surface area contributed by atoms with Gasteiger partial charge in [0.05, 0.1) is 19.2 Å². The monoisotopic (exact) mass is 420 g/mol. The SMILES string of the molecule is COc1ccc(CN2C(=O)C(Nc3ccc(F)c(F)c3)=C(c3ccccc3)C2=O)cc1. The zero-order chi connectivity index (χ0) is 22.0. The number of anilines is 1. The second-order valence-electron chi connectivity index (χ2n) is 6.91. The normalized spacial score (nSPS) is 13.7. The summed E-state index contributed by atoms with van der Waals surface area (Å²) < 4.78 is 32.1. The van der Waals surface area contributed by atoms with Crippen LogP contribution in [0.2, 0.25) is 0 Å². The summed E-state index contributed by atoms with van der Waals surface area (Å²) in [6.07, 6.45) is 0. The number of hydrogen-bond acceptors (Lipinski definition) is 4. The first-order chi connectivity index (χ1) is 15.0. The van der Waals surface area contributed by atoms with Crippen molar-refractivity contribution in [1.82, 2.24) is 4.90 Å². The summed E-state index contributed by atoms with van der Waals surface area (Å²) in [6.45, 7) is 0.0565. The molecule has 0 saturated heterocycles. The molecule has 1 N–H and O–H groups in total. The summed E-state index contributed by atoms with van der Waals surface area (Å²) in [7, 11) is 1.55. The van der Waals surface area contributed by atoms with Gasteiger partial charge in [0.2, 0.25) is 0 Å². The van der Waals surface area contributed by atoms with Crippen LogP contribution in [0.25, 0.3) is 5.57 Å². The number of amides is 2. The maximum absolute atomic E-state index is 13.7. The summed E-state index contributed by atoms with van der Waals surface area (Å²) in [5.41, 5.74) is 1.63. The molecule has 0 saturated carbocycles. The molecule has 1 heterocycles. The first kappa shape index (κ1) is 20.3. The maximum Gasteiger partial charge on any atom is 0.278 e. The van der Waals surface area contributed by atoms with Crippen molar-refractivity contribution >= 4 is 23.1 Å². The third-order valence-electron chi connectivity index (χ3n) is 4.92. The molecule has 5 nitrogen and oxygen atoms in total. The van der Waals surface area contributed by atoms with E-state index in [4.69, 9.17) is 4.74 Å². The summed E-state index contributed by atoms with van der Waals surface area (Å²) in [5, 5.41) is 2.81. The topological polar surface area (TPSA) is 58.6 Å². The first-order valence-corrected chi connectivity index (χ1v) is 9.49. The predicted molar refractivity (Wildman–Crippen MR) is 112 cm³/mol. The van der Waals surface area contributed by atoms with Crippen molar-refractivity contribution in [3.8, 4) is 5.75 Å². The lowest BCUT2D eigenvalue weighted by Gasteiger charge is -2.16. The maximum atomic E-state index is 13.7. The van der Waals surface area contributed by atoms with Gasteiger partial charge in [-0.25, -0.2) is 8.78 Å². The fraction of sp³-hybridized carbons (Fsp3) is 0.0833. The van der Waals surface area contributed by atoms with E-state index in [0.29, 0.717) is 11.3 Å². The Bertz CT molecular complexity index is 1180. The summed E-state index contributed by atoms with van der Waals surface area (Å²) in [4.78, 5) is 27.5. The number of halogens is 2. The number of carbonyl (C=O) groups excluding carboxylic acids is 2. The smallest absolute Gasteiger partial charge is 0.278 e. The van der Waals surface area contributed by atoms with Crippen molar-refractivity contribution < 1.29 is 23.1 Å². The second-order valence-corrected chi connectivity index (χ2v) is 6.91. The van der Waals surface area contributed by atoms with Gasteiger partial charge in [-0.05, 0) is 35.4 Å². The van der Waals surface area contributed by atoms with Crippen LogP contribution in [0, 0.1) is 11.6 Å². The third-order valence-corrected chi connectivity index (χ3v) is 4.92. The highest BCUT2D eigenvalue weighted by molar-refractivity contribution is 6.36. The van der Waals surface area contributed by atoms with Crippen molar-refractivity contribution in [2.75, 3.05) is 12.4 Å². The minimum Gasteiger partial charge on any atom is -0.497 e. The van der Waals surface area contributed by atoms with E-state index in [9.17, 15) is 18.4 Å². The standard InChI is InChI=1S/C24H18F2N2O3/c1-31-18-10-7-15(8-11-18)14-28-23(29)21(16-5-3-2-4-6-16)22(24(28)30)27-17-9-12-19(25)20(26)13-17/h2-13,27H,14H2,1H3. The summed E-state index contributed by atoms with van der Waals surface area (Å²) in [6, 6.07) is 18.9. The molecule has 1 aliphatic rings. The molecule has 31 heavy (non-hydrogen) atoms. The van der Waals surface area contributed by atoms with E-state index in [1.165, 1.54) is 6.07 Å². The molecule has 0 fully saturated rings. The molecular weight excluding hydrogens is 402 g/mol. The van der Waals surface area contributed by atoms with E-state index in [-0.39, 0.29) is 23.5 Å². The molecule has 0 radical (unpaired) electrons. The number of nitrogens with one attached hydrogen (secondary N) is 1. The number of methoxy groups -OCH3 is 1. The van der Waals surface area contributed by atoms with Crippen molar-refractivity contribution in [3.05, 3.63) is 101 Å². The van der Waals surface area contributed by atoms with Crippen molar-refractivity contribution in [2.45, 2.75) is 6.54 Å². The molecule has 4 rings (SSSR count). The Hall–Kier alpha value is -4.00. The van der Waals surface area contributed by atoms with E-state index >= 15 is 0 Å². The first-order valence-electron chi connectivity index (χ1n) is 9.49. The van der Waals surface area contributed by atoms with Crippen molar-refractivity contribution in [2.24, 2.45) is 0 Å². The van der Waals surface area contributed by atoms with Gasteiger partial charge in [-0.3, -0.25) is 14.5 Å². The van der Waals surface area contributed by atoms with Crippen LogP contribution in [0.5, 0.6) is 5.75 Å². The van der Waals surface area contributed by atoms with Gasteiger partial charge in [-0.1, -0.05) is 42.5 Å². The predicted octanol–water partition coefficient (Wildman–Crippen LogP) is 4.37. The van der Waals surface area contributed by atoms with Gasteiger partial charge in [0.15, 0.2) is 11.6 Å². The Kier molecular flexibility index (Phi) is 5.49. The summed E-state index contributed by atoms with van der Waals surface area (Å²) >= 11 is 0. The number of ether oxygens (including phenoxy) is 1. The Balaban J connectivity index is 1.70. The number of rotatable bonds is 6. The van der Waals surface area contributed by atoms with E-state index < -0.39 is 23.4 Å². The van der Waals surface area contributed by atoms with Gasteiger partial charge >= 0.3 is 0 Å². The zero-order valence-corrected chi connectivity index (χ0v) is 16.6. The molecule has 3 aromatic carbocycles. The van der Waals surface area contributed by atoms with Gasteiger partial charge in [0.25, 0.3) is 11.8 Å². The Morgan fingerprint density at radius 3 is 2.23 bits per heavy atom. The van der Waals surface area contributed by atoms with Crippen LogP contribution in [-0.2, 0) is 16.1 Å². The van der Waals surface area contributed by atoms with Crippen molar-refractivity contribution in [3.63, 3.8) is 0 Å². The number of imide groups is 1. The van der Waals surface area contributed by atoms with Crippen LogP contribution in [-0.4, -0.2) is 23.8 Å². The fourth-order valence-electron chi connectivity index (χ4n) is 3.34. The molecule has 1 aliphatic heterocycles. The number of nitrogens with zero attached hydrogens (tertiary/aromatic N) is 1. The van der Waals surface area contributed by atoms with Crippen molar-refractivity contribution in [1.29, 1.82) is 0 Å². The van der Waals surface area contributed by atoms with Crippen LogP contribution in [0.4, 0.5) is 14.5 Å². The van der Waals surface area contributed by atoms with Crippen LogP contribution in [0.15, 0.2) is 78.5 Å². The molecular formula is C24H18F2N2O3.